The van der Waals surface area contributed by atoms with Crippen molar-refractivity contribution in [1.82, 2.24) is 4.72 Å². The smallest absolute Gasteiger partial charge is 0.244 e. The third kappa shape index (κ3) is 2.91. The molecule has 20 heavy (non-hydrogen) atoms. The molecule has 5 nitrogen and oxygen atoms in total. The lowest BCUT2D eigenvalue weighted by molar-refractivity contribution is 0.260. The molecule has 0 aromatic heterocycles. The van der Waals surface area contributed by atoms with Crippen molar-refractivity contribution in [3.8, 4) is 5.75 Å². The number of rotatable bonds is 5. The van der Waals surface area contributed by atoms with Gasteiger partial charge < -0.3 is 10.5 Å². The molecule has 3 N–H and O–H groups in total. The van der Waals surface area contributed by atoms with E-state index in [1.54, 1.807) is 6.07 Å². The third-order valence-corrected chi connectivity index (χ3v) is 5.62. The molecule has 1 aromatic rings. The van der Waals surface area contributed by atoms with Gasteiger partial charge in [0.2, 0.25) is 10.0 Å². The van der Waals surface area contributed by atoms with Gasteiger partial charge in [0.05, 0.1) is 7.11 Å². The van der Waals surface area contributed by atoms with E-state index in [0.29, 0.717) is 17.4 Å². The number of benzene rings is 1. The topological polar surface area (TPSA) is 81.4 Å². The molecular weight excluding hydrogens is 276 g/mol. The van der Waals surface area contributed by atoms with Crippen LogP contribution in [0.15, 0.2) is 17.0 Å². The van der Waals surface area contributed by atoms with Crippen LogP contribution in [0, 0.1) is 12.8 Å². The molecule has 2 rings (SSSR count). The molecule has 1 aliphatic rings. The summed E-state index contributed by atoms with van der Waals surface area (Å²) in [5.41, 5.74) is 7.07. The third-order valence-electron chi connectivity index (χ3n) is 4.04. The highest BCUT2D eigenvalue weighted by atomic mass is 32.2. The number of nitrogen functional groups attached to an aromatic ring is 1. The van der Waals surface area contributed by atoms with Crippen LogP contribution in [0.1, 0.15) is 31.7 Å². The van der Waals surface area contributed by atoms with E-state index in [2.05, 4.69) is 4.72 Å². The van der Waals surface area contributed by atoms with E-state index >= 15 is 0 Å². The second-order valence-corrected chi connectivity index (χ2v) is 7.14. The molecule has 1 fully saturated rings. The van der Waals surface area contributed by atoms with Crippen LogP contribution in [-0.4, -0.2) is 21.6 Å². The van der Waals surface area contributed by atoms with Crippen LogP contribution < -0.4 is 15.2 Å². The van der Waals surface area contributed by atoms with E-state index in [9.17, 15) is 8.42 Å². The fourth-order valence-corrected chi connectivity index (χ4v) is 3.89. The van der Waals surface area contributed by atoms with Crippen LogP contribution in [0.25, 0.3) is 0 Å². The first-order valence-corrected chi connectivity index (χ1v) is 8.30. The summed E-state index contributed by atoms with van der Waals surface area (Å²) < 4.78 is 32.9. The molecule has 1 saturated carbocycles. The quantitative estimate of drug-likeness (QED) is 0.815. The predicted molar refractivity (Wildman–Crippen MR) is 79.3 cm³/mol. The van der Waals surface area contributed by atoms with Crippen LogP contribution in [0.3, 0.4) is 0 Å². The molecule has 1 aromatic carbocycles. The maximum atomic E-state index is 12.5. The van der Waals surface area contributed by atoms with Crippen molar-refractivity contribution < 1.29 is 13.2 Å². The van der Waals surface area contributed by atoms with Crippen LogP contribution in [-0.2, 0) is 10.0 Å². The largest absolute Gasteiger partial charge is 0.495 e. The summed E-state index contributed by atoms with van der Waals surface area (Å²) in [5, 5.41) is 0. The Morgan fingerprint density at radius 3 is 2.55 bits per heavy atom. The number of nitrogens with two attached hydrogens (primary N) is 1. The summed E-state index contributed by atoms with van der Waals surface area (Å²) in [4.78, 5) is 0.106. The molecule has 0 bridgehead atoms. The Bertz CT molecular complexity index is 595. The second kappa shape index (κ2) is 5.61. The Kier molecular flexibility index (Phi) is 4.25. The fraction of sp³-hybridized carbons (Fsp3) is 0.571. The van der Waals surface area contributed by atoms with Gasteiger partial charge in [0.25, 0.3) is 0 Å². The lowest BCUT2D eigenvalue weighted by atomic mass is 9.81. The Labute approximate surface area is 120 Å². The molecule has 1 atom stereocenters. The van der Waals surface area contributed by atoms with Crippen LogP contribution >= 0.6 is 0 Å². The van der Waals surface area contributed by atoms with Crippen molar-refractivity contribution in [2.45, 2.75) is 44.0 Å². The summed E-state index contributed by atoms with van der Waals surface area (Å²) in [7, 11) is -2.16. The van der Waals surface area contributed by atoms with Gasteiger partial charge in [-0.1, -0.05) is 6.42 Å². The van der Waals surface area contributed by atoms with Gasteiger partial charge in [-0.05, 0) is 50.3 Å². The Morgan fingerprint density at radius 2 is 2.05 bits per heavy atom. The number of anilines is 1. The number of aryl methyl sites for hydroxylation is 1. The molecule has 0 aliphatic heterocycles. The maximum absolute atomic E-state index is 12.5. The first kappa shape index (κ1) is 15.1. The van der Waals surface area contributed by atoms with Crippen molar-refractivity contribution >= 4 is 15.7 Å². The first-order chi connectivity index (χ1) is 9.35. The van der Waals surface area contributed by atoms with Gasteiger partial charge in [-0.3, -0.25) is 0 Å². The summed E-state index contributed by atoms with van der Waals surface area (Å²) in [5.74, 6) is 0.753. The van der Waals surface area contributed by atoms with E-state index in [4.69, 9.17) is 10.5 Å². The lowest BCUT2D eigenvalue weighted by Crippen LogP contribution is -2.40. The fourth-order valence-electron chi connectivity index (χ4n) is 2.39. The molecule has 0 radical (unpaired) electrons. The zero-order chi connectivity index (χ0) is 14.9. The highest BCUT2D eigenvalue weighted by Crippen LogP contribution is 2.32. The molecule has 0 heterocycles. The van der Waals surface area contributed by atoms with Gasteiger partial charge in [0.1, 0.15) is 10.6 Å². The number of ether oxygens (including phenoxy) is 1. The number of nitrogens with one attached hydrogen (secondary N) is 1. The summed E-state index contributed by atoms with van der Waals surface area (Å²) >= 11 is 0. The zero-order valence-electron chi connectivity index (χ0n) is 12.1. The molecule has 112 valence electrons. The lowest BCUT2D eigenvalue weighted by Gasteiger charge is -2.31. The van der Waals surface area contributed by atoms with Crippen molar-refractivity contribution in [2.75, 3.05) is 12.8 Å². The number of hydrogen-bond donors (Lipinski definition) is 2. The van der Waals surface area contributed by atoms with Crippen molar-refractivity contribution in [1.29, 1.82) is 0 Å². The zero-order valence-corrected chi connectivity index (χ0v) is 13.0. The molecule has 0 saturated heterocycles. The van der Waals surface area contributed by atoms with Gasteiger partial charge in [-0.15, -0.1) is 0 Å². The van der Waals surface area contributed by atoms with E-state index < -0.39 is 10.0 Å². The van der Waals surface area contributed by atoms with Crippen LogP contribution in [0.2, 0.25) is 0 Å². The standard InChI is InChI=1S/C14H22N2O3S/c1-9-7-13(19-3)14(8-12(9)15)20(17,18)16-10(2)11-5-4-6-11/h7-8,10-11,16H,4-6,15H2,1-3H3. The van der Waals surface area contributed by atoms with E-state index in [-0.39, 0.29) is 10.9 Å². The Hall–Kier alpha value is -1.27. The van der Waals surface area contributed by atoms with Gasteiger partial charge in [0, 0.05) is 11.7 Å². The summed E-state index contributed by atoms with van der Waals surface area (Å²) in [6.45, 7) is 3.73. The normalized spacial score (nSPS) is 17.6. The van der Waals surface area contributed by atoms with Crippen molar-refractivity contribution in [3.05, 3.63) is 17.7 Å². The van der Waals surface area contributed by atoms with Crippen molar-refractivity contribution in [2.24, 2.45) is 5.92 Å². The monoisotopic (exact) mass is 298 g/mol. The minimum absolute atomic E-state index is 0.0685. The SMILES string of the molecule is COc1cc(C)c(N)cc1S(=O)(=O)NC(C)C1CCC1. The highest BCUT2D eigenvalue weighted by molar-refractivity contribution is 7.89. The second-order valence-electron chi connectivity index (χ2n) is 5.46. The summed E-state index contributed by atoms with van der Waals surface area (Å²) in [6.07, 6.45) is 3.34. The molecule has 1 unspecified atom stereocenters. The Balaban J connectivity index is 2.30. The number of methoxy groups -OCH3 is 1. The van der Waals surface area contributed by atoms with E-state index in [1.165, 1.54) is 19.6 Å². The van der Waals surface area contributed by atoms with Crippen LogP contribution in [0.5, 0.6) is 5.75 Å². The first-order valence-electron chi connectivity index (χ1n) is 6.81. The number of hydrogen-bond acceptors (Lipinski definition) is 4. The Morgan fingerprint density at radius 1 is 1.40 bits per heavy atom. The van der Waals surface area contributed by atoms with E-state index in [1.807, 2.05) is 13.8 Å². The molecule has 6 heteroatoms. The van der Waals surface area contributed by atoms with Gasteiger partial charge in [-0.25, -0.2) is 13.1 Å². The maximum Gasteiger partial charge on any atom is 0.244 e. The van der Waals surface area contributed by atoms with Gasteiger partial charge in [0.15, 0.2) is 0 Å². The van der Waals surface area contributed by atoms with Crippen LogP contribution in [0.4, 0.5) is 5.69 Å². The number of sulfonamides is 1. The average Bonchev–Trinajstić information content (AvgIpc) is 2.28. The minimum atomic E-state index is -3.62. The van der Waals surface area contributed by atoms with Gasteiger partial charge in [-0.2, -0.15) is 0 Å². The molecule has 0 spiro atoms. The molecule has 0 amide bonds. The summed E-state index contributed by atoms with van der Waals surface area (Å²) in [6, 6.07) is 3.04. The highest BCUT2D eigenvalue weighted by Gasteiger charge is 2.29. The van der Waals surface area contributed by atoms with E-state index in [0.717, 1.165) is 18.4 Å². The molecular formula is C14H22N2O3S. The predicted octanol–water partition coefficient (Wildman–Crippen LogP) is 2.05. The average molecular weight is 298 g/mol. The molecule has 1 aliphatic carbocycles. The minimum Gasteiger partial charge on any atom is -0.495 e. The van der Waals surface area contributed by atoms with Crippen molar-refractivity contribution in [3.63, 3.8) is 0 Å². The van der Waals surface area contributed by atoms with Gasteiger partial charge >= 0.3 is 0 Å².